The van der Waals surface area contributed by atoms with Crippen molar-refractivity contribution in [3.8, 4) is 0 Å². The smallest absolute Gasteiger partial charge is 0.225 e. The van der Waals surface area contributed by atoms with Crippen LogP contribution in [0.1, 0.15) is 18.4 Å². The van der Waals surface area contributed by atoms with Crippen LogP contribution in [0.5, 0.6) is 0 Å². The van der Waals surface area contributed by atoms with Gasteiger partial charge in [-0.25, -0.2) is 4.98 Å². The van der Waals surface area contributed by atoms with Crippen molar-refractivity contribution in [3.63, 3.8) is 0 Å². The molecule has 2 fully saturated rings. The van der Waals surface area contributed by atoms with E-state index in [1.165, 1.54) is 0 Å². The number of aliphatic hydroxyl groups excluding tert-OH is 1. The Kier molecular flexibility index (Phi) is 2.91. The van der Waals surface area contributed by atoms with Gasteiger partial charge in [0.15, 0.2) is 0 Å². The molecule has 2 N–H and O–H groups in total. The Hall–Kier alpha value is -1.62. The van der Waals surface area contributed by atoms with Crippen LogP contribution in [0, 0.1) is 5.92 Å². The summed E-state index contributed by atoms with van der Waals surface area (Å²) in [5, 5.41) is 12.3. The van der Waals surface area contributed by atoms with Crippen LogP contribution in [0.2, 0.25) is 0 Å². The fourth-order valence-corrected chi connectivity index (χ4v) is 3.03. The quantitative estimate of drug-likeness (QED) is 0.788. The number of nitrogens with one attached hydrogen (secondary N) is 1. The minimum Gasteiger partial charge on any atom is -0.392 e. The summed E-state index contributed by atoms with van der Waals surface area (Å²) in [7, 11) is 0. The predicted molar refractivity (Wildman–Crippen MR) is 67.0 cm³/mol. The number of pyridine rings is 1. The monoisotopic (exact) mass is 247 g/mol. The molecule has 5 nitrogen and oxygen atoms in total. The average Bonchev–Trinajstić information content (AvgIpc) is 2.81. The zero-order valence-corrected chi connectivity index (χ0v) is 10.2. The van der Waals surface area contributed by atoms with Crippen LogP contribution in [0.3, 0.4) is 0 Å². The van der Waals surface area contributed by atoms with E-state index in [-0.39, 0.29) is 24.5 Å². The lowest BCUT2D eigenvalue weighted by Gasteiger charge is -2.37. The van der Waals surface area contributed by atoms with E-state index in [1.807, 2.05) is 12.1 Å². The van der Waals surface area contributed by atoms with E-state index in [2.05, 4.69) is 15.2 Å². The highest BCUT2D eigenvalue weighted by atomic mass is 16.3. The van der Waals surface area contributed by atoms with E-state index < -0.39 is 0 Å². The average molecular weight is 247 g/mol. The number of anilines is 1. The van der Waals surface area contributed by atoms with Gasteiger partial charge < -0.3 is 15.3 Å². The van der Waals surface area contributed by atoms with E-state index in [1.54, 1.807) is 6.20 Å². The van der Waals surface area contributed by atoms with Crippen molar-refractivity contribution < 1.29 is 9.90 Å². The maximum Gasteiger partial charge on any atom is 0.225 e. The molecule has 3 heterocycles. The van der Waals surface area contributed by atoms with Gasteiger partial charge in [0.05, 0.1) is 18.6 Å². The van der Waals surface area contributed by atoms with Crippen LogP contribution in [0.25, 0.3) is 0 Å². The molecule has 0 aliphatic carbocycles. The van der Waals surface area contributed by atoms with Gasteiger partial charge in [-0.2, -0.15) is 0 Å². The van der Waals surface area contributed by atoms with Crippen molar-refractivity contribution in [2.45, 2.75) is 25.5 Å². The van der Waals surface area contributed by atoms with Crippen molar-refractivity contribution in [2.24, 2.45) is 5.92 Å². The first-order valence-electron chi connectivity index (χ1n) is 6.40. The molecule has 1 amide bonds. The van der Waals surface area contributed by atoms with Crippen molar-refractivity contribution in [1.29, 1.82) is 0 Å². The van der Waals surface area contributed by atoms with Crippen molar-refractivity contribution in [1.82, 2.24) is 10.3 Å². The summed E-state index contributed by atoms with van der Waals surface area (Å²) < 4.78 is 0. The summed E-state index contributed by atoms with van der Waals surface area (Å²) in [6, 6.07) is 3.90. The number of carbonyl (C=O) groups is 1. The highest BCUT2D eigenvalue weighted by molar-refractivity contribution is 5.83. The molecule has 2 aliphatic heterocycles. The molecule has 1 aromatic rings. The predicted octanol–water partition coefficient (Wildman–Crippen LogP) is 0.289. The molecular formula is C13H17N3O2. The summed E-state index contributed by atoms with van der Waals surface area (Å²) in [5.41, 5.74) is 0.831. The number of hydrogen-bond acceptors (Lipinski definition) is 4. The number of rotatable bonds is 2. The Bertz CT molecular complexity index is 463. The number of amides is 1. The van der Waals surface area contributed by atoms with Crippen LogP contribution in [0.4, 0.5) is 5.82 Å². The largest absolute Gasteiger partial charge is 0.392 e. The second kappa shape index (κ2) is 4.57. The van der Waals surface area contributed by atoms with E-state index in [0.29, 0.717) is 6.54 Å². The zero-order valence-electron chi connectivity index (χ0n) is 10.2. The third kappa shape index (κ3) is 1.75. The minimum atomic E-state index is -0.0154. The highest BCUT2D eigenvalue weighted by Gasteiger charge is 2.41. The zero-order chi connectivity index (χ0) is 12.5. The number of carbonyl (C=O) groups excluding carboxylic acids is 1. The molecule has 0 radical (unpaired) electrons. The Morgan fingerprint density at radius 1 is 1.56 bits per heavy atom. The minimum absolute atomic E-state index is 0.0154. The Labute approximate surface area is 106 Å². The molecule has 2 aliphatic rings. The van der Waals surface area contributed by atoms with E-state index in [0.717, 1.165) is 30.8 Å². The van der Waals surface area contributed by atoms with Crippen LogP contribution in [-0.2, 0) is 11.4 Å². The fraction of sp³-hybridized carbons (Fsp3) is 0.538. The second-order valence-electron chi connectivity index (χ2n) is 4.90. The number of piperidine rings is 1. The first-order valence-corrected chi connectivity index (χ1v) is 6.40. The van der Waals surface area contributed by atoms with E-state index in [4.69, 9.17) is 0 Å². The second-order valence-corrected chi connectivity index (χ2v) is 4.90. The first-order chi connectivity index (χ1) is 8.81. The van der Waals surface area contributed by atoms with Crippen LogP contribution < -0.4 is 10.2 Å². The summed E-state index contributed by atoms with van der Waals surface area (Å²) in [4.78, 5) is 18.3. The van der Waals surface area contributed by atoms with Gasteiger partial charge in [0, 0.05) is 24.8 Å². The first kappa shape index (κ1) is 11.5. The summed E-state index contributed by atoms with van der Waals surface area (Å²) in [5.74, 6) is 1.06. The van der Waals surface area contributed by atoms with Gasteiger partial charge in [-0.1, -0.05) is 6.07 Å². The third-order valence-corrected chi connectivity index (χ3v) is 3.91. The number of nitrogens with zero attached hydrogens (tertiary/aromatic N) is 2. The lowest BCUT2D eigenvalue weighted by molar-refractivity contribution is -0.122. The molecule has 96 valence electrons. The number of hydrogen-bond donors (Lipinski definition) is 2. The molecule has 0 spiro atoms. The van der Waals surface area contributed by atoms with Crippen LogP contribution in [-0.4, -0.2) is 35.1 Å². The van der Waals surface area contributed by atoms with Crippen molar-refractivity contribution in [2.75, 3.05) is 18.0 Å². The molecule has 3 rings (SSSR count). The van der Waals surface area contributed by atoms with Crippen LogP contribution in [0.15, 0.2) is 18.3 Å². The van der Waals surface area contributed by atoms with Gasteiger partial charge in [0.1, 0.15) is 5.82 Å². The molecule has 18 heavy (non-hydrogen) atoms. The molecule has 2 unspecified atom stereocenters. The molecule has 1 aromatic heterocycles. The van der Waals surface area contributed by atoms with Gasteiger partial charge in [-0.3, -0.25) is 4.79 Å². The summed E-state index contributed by atoms with van der Waals surface area (Å²) in [6.07, 6.45) is 3.69. The Morgan fingerprint density at radius 3 is 3.28 bits per heavy atom. The maximum absolute atomic E-state index is 11.7. The van der Waals surface area contributed by atoms with Gasteiger partial charge in [0.2, 0.25) is 5.91 Å². The van der Waals surface area contributed by atoms with E-state index >= 15 is 0 Å². The lowest BCUT2D eigenvalue weighted by atomic mass is 9.91. The van der Waals surface area contributed by atoms with Gasteiger partial charge in [0.25, 0.3) is 0 Å². The lowest BCUT2D eigenvalue weighted by Crippen LogP contribution is -2.46. The molecule has 5 heteroatoms. The van der Waals surface area contributed by atoms with Crippen molar-refractivity contribution in [3.05, 3.63) is 23.9 Å². The molecule has 0 bridgehead atoms. The fourth-order valence-electron chi connectivity index (χ4n) is 3.03. The molecule has 0 saturated carbocycles. The van der Waals surface area contributed by atoms with Crippen molar-refractivity contribution >= 4 is 11.7 Å². The highest BCUT2D eigenvalue weighted by Crippen LogP contribution is 2.32. The Balaban J connectivity index is 1.93. The molecule has 2 saturated heterocycles. The standard InChI is InChI=1S/C13H17N3O2/c17-8-9-3-1-5-14-12(9)16-6-2-4-10-11(16)7-15-13(10)18/h1,3,5,10-11,17H,2,4,6-8H2,(H,15,18). The topological polar surface area (TPSA) is 65.5 Å². The van der Waals surface area contributed by atoms with Crippen LogP contribution >= 0.6 is 0 Å². The number of aromatic nitrogens is 1. The normalized spacial score (nSPS) is 26.9. The van der Waals surface area contributed by atoms with E-state index in [9.17, 15) is 9.90 Å². The van der Waals surface area contributed by atoms with Gasteiger partial charge in [-0.15, -0.1) is 0 Å². The molecular weight excluding hydrogens is 230 g/mol. The SMILES string of the molecule is O=C1NCC2C1CCCN2c1ncccc1CO. The molecule has 0 aromatic carbocycles. The Morgan fingerprint density at radius 2 is 2.44 bits per heavy atom. The number of aliphatic hydroxyl groups is 1. The summed E-state index contributed by atoms with van der Waals surface area (Å²) in [6.45, 7) is 1.57. The number of fused-ring (bicyclic) bond motifs is 1. The summed E-state index contributed by atoms with van der Waals surface area (Å²) >= 11 is 0. The molecule has 2 atom stereocenters. The van der Waals surface area contributed by atoms with Gasteiger partial charge >= 0.3 is 0 Å². The third-order valence-electron chi connectivity index (χ3n) is 3.91. The van der Waals surface area contributed by atoms with Gasteiger partial charge in [-0.05, 0) is 18.9 Å². The maximum atomic E-state index is 11.7.